The molecule has 428 valence electrons. The number of anilines is 1. The van der Waals surface area contributed by atoms with E-state index in [1.165, 1.54) is 46.4 Å². The van der Waals surface area contributed by atoms with E-state index < -0.39 is 26.2 Å². The molecule has 2 heterocycles. The lowest BCUT2D eigenvalue weighted by Crippen LogP contribution is -2.28. The maximum absolute atomic E-state index is 12.5. The van der Waals surface area contributed by atoms with Crippen molar-refractivity contribution in [2.45, 2.75) is 193 Å². The Hall–Kier alpha value is -4.96. The molecule has 6 rings (SSSR count). The van der Waals surface area contributed by atoms with Crippen molar-refractivity contribution in [3.63, 3.8) is 0 Å². The van der Waals surface area contributed by atoms with Gasteiger partial charge < -0.3 is 15.5 Å². The van der Waals surface area contributed by atoms with E-state index in [2.05, 4.69) is 115 Å². The highest BCUT2D eigenvalue weighted by Gasteiger charge is 2.44. The number of rotatable bonds is 34. The molecule has 0 spiro atoms. The minimum Gasteiger partial charge on any atom is -0.385 e. The van der Waals surface area contributed by atoms with Gasteiger partial charge in [0, 0.05) is 72.7 Å². The fourth-order valence-electron chi connectivity index (χ4n) is 11.9. The van der Waals surface area contributed by atoms with Gasteiger partial charge in [0.05, 0.1) is 22.8 Å². The van der Waals surface area contributed by atoms with E-state index in [1.54, 1.807) is 0 Å². The highest BCUT2D eigenvalue weighted by Crippen LogP contribution is 2.48. The van der Waals surface area contributed by atoms with Crippen LogP contribution in [0.5, 0.6) is 0 Å². The normalized spacial score (nSPS) is 18.4. The molecule has 2 aromatic rings. The van der Waals surface area contributed by atoms with Gasteiger partial charge in [0.15, 0.2) is 17.3 Å². The van der Waals surface area contributed by atoms with Crippen LogP contribution < -0.4 is 15.5 Å². The van der Waals surface area contributed by atoms with Crippen LogP contribution in [0.4, 0.5) is 11.4 Å². The molecule has 13 nitrogen and oxygen atoms in total. The molecular weight excluding hydrogens is 1020 g/mol. The van der Waals surface area contributed by atoms with Crippen LogP contribution in [0.1, 0.15) is 192 Å². The molecule has 0 atom stereocenters. The summed E-state index contributed by atoms with van der Waals surface area (Å²) in [6.07, 6.45) is 32.8. The smallest absolute Gasteiger partial charge is 0.264 e. The van der Waals surface area contributed by atoms with E-state index >= 15 is 0 Å². The van der Waals surface area contributed by atoms with Crippen molar-refractivity contribution in [1.29, 1.82) is 0 Å². The summed E-state index contributed by atoms with van der Waals surface area (Å²) >= 11 is 0. The Morgan fingerprint density at radius 1 is 0.692 bits per heavy atom. The zero-order valence-corrected chi connectivity index (χ0v) is 49.2. The van der Waals surface area contributed by atoms with Crippen LogP contribution in [0.2, 0.25) is 0 Å². The number of amides is 1. The van der Waals surface area contributed by atoms with Crippen molar-refractivity contribution in [1.82, 2.24) is 10.6 Å². The Bertz CT molecular complexity index is 2820. The lowest BCUT2D eigenvalue weighted by molar-refractivity contribution is -0.438. The van der Waals surface area contributed by atoms with Crippen LogP contribution in [0.25, 0.3) is 0 Å². The molecule has 0 saturated carbocycles. The highest BCUT2D eigenvalue weighted by molar-refractivity contribution is 7.86. The molecule has 0 fully saturated rings. The average molecular weight is 1110 g/mol. The van der Waals surface area contributed by atoms with Crippen molar-refractivity contribution in [2.75, 3.05) is 42.6 Å². The van der Waals surface area contributed by atoms with E-state index in [9.17, 15) is 40.3 Å². The zero-order valence-electron chi connectivity index (χ0n) is 47.6. The van der Waals surface area contributed by atoms with E-state index in [0.717, 1.165) is 138 Å². The van der Waals surface area contributed by atoms with Crippen LogP contribution in [-0.4, -0.2) is 91.4 Å². The van der Waals surface area contributed by atoms with E-state index in [4.69, 9.17) is 0 Å². The first-order valence-electron chi connectivity index (χ1n) is 29.3. The van der Waals surface area contributed by atoms with Crippen LogP contribution >= 0.6 is 0 Å². The van der Waals surface area contributed by atoms with Gasteiger partial charge in [0.2, 0.25) is 11.6 Å². The van der Waals surface area contributed by atoms with Gasteiger partial charge in [-0.25, -0.2) is 0 Å². The van der Waals surface area contributed by atoms with Crippen LogP contribution in [0, 0.1) is 12.8 Å². The first-order valence-corrected chi connectivity index (χ1v) is 32.5. The van der Waals surface area contributed by atoms with Gasteiger partial charge in [-0.15, -0.1) is 0 Å². The first kappa shape index (κ1) is 62.2. The fourth-order valence-corrected chi connectivity index (χ4v) is 13.0. The summed E-state index contributed by atoms with van der Waals surface area (Å²) in [6, 6.07) is 15.0. The summed E-state index contributed by atoms with van der Waals surface area (Å²) in [5.41, 5.74) is 11.2. The first-order chi connectivity index (χ1) is 37.2. The number of nitrogens with one attached hydrogen (secondary N) is 2. The fraction of sp³-hybridized carbons (Fsp3) is 0.587. The molecule has 15 heteroatoms. The quantitative estimate of drug-likeness (QED) is 0.0226. The molecule has 2 aliphatic carbocycles. The Morgan fingerprint density at radius 2 is 1.31 bits per heavy atom. The molecule has 0 bridgehead atoms. The van der Waals surface area contributed by atoms with Crippen molar-refractivity contribution in [3.05, 3.63) is 118 Å². The number of carbonyl (C=O) groups excluding carboxylic acids is 3. The lowest BCUT2D eigenvalue weighted by atomic mass is 9.81. The van der Waals surface area contributed by atoms with E-state index in [-0.39, 0.29) is 39.8 Å². The number of nitrogens with zero attached hydrogens (tertiary/aromatic N) is 2. The third-order valence-corrected chi connectivity index (χ3v) is 17.9. The molecule has 78 heavy (non-hydrogen) atoms. The summed E-state index contributed by atoms with van der Waals surface area (Å²) in [5.74, 6) is -0.920. The van der Waals surface area contributed by atoms with Crippen molar-refractivity contribution < 1.29 is 44.9 Å². The molecule has 2 aromatic carbocycles. The molecule has 0 unspecified atom stereocenters. The summed E-state index contributed by atoms with van der Waals surface area (Å²) in [6.45, 7) is 13.9. The SMILES string of the molecule is Cc1ccc2c(c1)C(C)(C)/C(=C\C=C1/CCCC(/C=C/C3=[N+](CCCCS(=O)(=O)O)c4ccccc4C3(C)C)=C1NCCCCCCCCCCC(=O)NCCCCCCCCC1C(=O)C=CC1=O)N2CCCCS(=O)(=O)O. The number of para-hydroxylation sites is 1. The highest BCUT2D eigenvalue weighted by atomic mass is 32.2. The van der Waals surface area contributed by atoms with Gasteiger partial charge in [0.1, 0.15) is 6.54 Å². The monoisotopic (exact) mass is 1110 g/mol. The summed E-state index contributed by atoms with van der Waals surface area (Å²) in [5, 5.41) is 7.02. The number of carbonyl (C=O) groups is 3. The van der Waals surface area contributed by atoms with Crippen LogP contribution in [-0.2, 0) is 45.4 Å². The number of allylic oxidation sites excluding steroid dienone is 9. The molecule has 0 aromatic heterocycles. The van der Waals surface area contributed by atoms with Gasteiger partial charge >= 0.3 is 0 Å². The molecular formula is C63H91N4O9S2+. The molecule has 0 radical (unpaired) electrons. The number of ketones is 2. The van der Waals surface area contributed by atoms with Gasteiger partial charge in [-0.3, -0.25) is 23.5 Å². The molecule has 2 aliphatic heterocycles. The summed E-state index contributed by atoms with van der Waals surface area (Å²) in [4.78, 5) is 38.3. The largest absolute Gasteiger partial charge is 0.385 e. The lowest BCUT2D eigenvalue weighted by Gasteiger charge is -2.28. The van der Waals surface area contributed by atoms with E-state index in [1.807, 2.05) is 6.07 Å². The second kappa shape index (κ2) is 29.5. The van der Waals surface area contributed by atoms with Gasteiger partial charge in [-0.05, 0) is 126 Å². The minimum atomic E-state index is -4.05. The Balaban J connectivity index is 1.05. The second-order valence-electron chi connectivity index (χ2n) is 23.2. The van der Waals surface area contributed by atoms with Crippen molar-refractivity contribution in [2.24, 2.45) is 5.92 Å². The molecule has 4 N–H and O–H groups in total. The van der Waals surface area contributed by atoms with Gasteiger partial charge in [-0.1, -0.05) is 133 Å². The molecule has 1 amide bonds. The topological polar surface area (TPSA) is 190 Å². The zero-order chi connectivity index (χ0) is 56.4. The van der Waals surface area contributed by atoms with Crippen LogP contribution in [0.15, 0.2) is 101 Å². The number of benzene rings is 2. The Morgan fingerprint density at radius 3 is 1.99 bits per heavy atom. The summed E-state index contributed by atoms with van der Waals surface area (Å²) < 4.78 is 67.6. The van der Waals surface area contributed by atoms with Crippen LogP contribution in [0.3, 0.4) is 0 Å². The number of hydrogen-bond acceptors (Lipinski definition) is 9. The maximum atomic E-state index is 12.5. The summed E-state index contributed by atoms with van der Waals surface area (Å²) in [7, 11) is -8.09. The number of hydrogen-bond donors (Lipinski definition) is 4. The Labute approximate surface area is 467 Å². The minimum absolute atomic E-state index is 0.0482. The standard InChI is InChI=1S/C63H90N4O9S2/c1-48-33-36-55-53(47-48)63(4,5)59(67(55)44-23-25-46-78(74,75)76)40-35-50-28-26-27-49(34-39-58-62(2,3)52-30-18-19-31-54(52)66(58)43-22-24-45-77(71,72)73)61(50)65-42-21-15-10-7-6-8-13-17-32-60(70)64-41-20-14-11-9-12-16-29-51-56(68)37-38-57(51)69/h18-19,30-31,33-40,47,51H,6-17,20-29,32,41-46H2,1-5H3,(H3,64,70,71,72,73,74,75,76)/p+1/b50-35+,59-40+. The van der Waals surface area contributed by atoms with Gasteiger partial charge in [0.25, 0.3) is 20.2 Å². The second-order valence-corrected chi connectivity index (χ2v) is 26.4. The molecule has 4 aliphatic rings. The predicted octanol–water partition coefficient (Wildman–Crippen LogP) is 12.6. The third-order valence-electron chi connectivity index (χ3n) is 16.3. The molecule has 0 saturated heterocycles. The third kappa shape index (κ3) is 18.3. The maximum Gasteiger partial charge on any atom is 0.264 e. The average Bonchev–Trinajstić information content (AvgIpc) is 4.16. The van der Waals surface area contributed by atoms with Crippen molar-refractivity contribution in [3.8, 4) is 0 Å². The number of fused-ring (bicyclic) bond motifs is 2. The van der Waals surface area contributed by atoms with Gasteiger partial charge in [-0.2, -0.15) is 21.4 Å². The van der Waals surface area contributed by atoms with Crippen molar-refractivity contribution >= 4 is 54.8 Å². The Kier molecular flexibility index (Phi) is 23.5. The van der Waals surface area contributed by atoms with E-state index in [0.29, 0.717) is 58.2 Å². The number of aryl methyl sites for hydroxylation is 1. The predicted molar refractivity (Wildman–Crippen MR) is 316 cm³/mol. The number of unbranched alkanes of at least 4 members (excludes halogenated alkanes) is 14.